The Bertz CT molecular complexity index is 566. The maximum absolute atomic E-state index is 13.5. The number of halogens is 1. The molecule has 2 nitrogen and oxygen atoms in total. The number of nitrogen functional groups attached to an aromatic ring is 1. The van der Waals surface area contributed by atoms with Crippen molar-refractivity contribution in [1.29, 1.82) is 0 Å². The molecule has 0 fully saturated rings. The number of anilines is 1. The van der Waals surface area contributed by atoms with Crippen LogP contribution in [0.15, 0.2) is 36.5 Å². The maximum Gasteiger partial charge on any atom is 0.146 e. The minimum atomic E-state index is -0.341. The zero-order valence-electron chi connectivity index (χ0n) is 9.36. The van der Waals surface area contributed by atoms with Crippen molar-refractivity contribution in [2.24, 2.45) is 0 Å². The third-order valence-electron chi connectivity index (χ3n) is 3.39. The number of hydrogen-bond donors (Lipinski definition) is 1. The number of hydrogen-bond acceptors (Lipinski definition) is 2. The highest BCUT2D eigenvalue weighted by atomic mass is 19.1. The summed E-state index contributed by atoms with van der Waals surface area (Å²) in [5, 5.41) is 0. The van der Waals surface area contributed by atoms with Crippen LogP contribution in [0.4, 0.5) is 10.1 Å². The maximum atomic E-state index is 13.5. The van der Waals surface area contributed by atoms with Crippen molar-refractivity contribution >= 4 is 5.69 Å². The number of nitrogens with zero attached hydrogens (tertiary/aromatic N) is 1. The van der Waals surface area contributed by atoms with Crippen molar-refractivity contribution in [2.45, 2.75) is 18.8 Å². The van der Waals surface area contributed by atoms with Crippen LogP contribution in [-0.2, 0) is 6.42 Å². The van der Waals surface area contributed by atoms with Crippen LogP contribution in [0.2, 0.25) is 0 Å². The smallest absolute Gasteiger partial charge is 0.146 e. The monoisotopic (exact) mass is 228 g/mol. The summed E-state index contributed by atoms with van der Waals surface area (Å²) in [5.74, 6) is -0.131. The molecule has 0 radical (unpaired) electrons. The summed E-state index contributed by atoms with van der Waals surface area (Å²) < 4.78 is 13.5. The molecule has 1 aliphatic rings. The quantitative estimate of drug-likeness (QED) is 0.762. The van der Waals surface area contributed by atoms with E-state index in [0.29, 0.717) is 0 Å². The molecule has 0 aliphatic heterocycles. The van der Waals surface area contributed by atoms with E-state index in [1.165, 1.54) is 11.6 Å². The van der Waals surface area contributed by atoms with E-state index in [1.807, 2.05) is 12.1 Å². The summed E-state index contributed by atoms with van der Waals surface area (Å²) >= 11 is 0. The Morgan fingerprint density at radius 2 is 2.18 bits per heavy atom. The van der Waals surface area contributed by atoms with Gasteiger partial charge in [-0.1, -0.05) is 12.1 Å². The molecule has 2 aromatic rings. The van der Waals surface area contributed by atoms with E-state index in [1.54, 1.807) is 12.3 Å². The van der Waals surface area contributed by atoms with Crippen LogP contribution >= 0.6 is 0 Å². The van der Waals surface area contributed by atoms with Gasteiger partial charge in [-0.3, -0.25) is 4.98 Å². The lowest BCUT2D eigenvalue weighted by molar-refractivity contribution is 0.627. The Hall–Kier alpha value is -1.90. The molecule has 3 rings (SSSR count). The van der Waals surface area contributed by atoms with E-state index in [9.17, 15) is 4.39 Å². The first-order valence-corrected chi connectivity index (χ1v) is 5.74. The average molecular weight is 228 g/mol. The lowest BCUT2D eigenvalue weighted by Gasteiger charge is -2.11. The second-order valence-electron chi connectivity index (χ2n) is 4.42. The molecule has 0 spiro atoms. The molecular weight excluding hydrogens is 215 g/mol. The first-order valence-electron chi connectivity index (χ1n) is 5.74. The van der Waals surface area contributed by atoms with Gasteiger partial charge in [0, 0.05) is 12.1 Å². The third-order valence-corrected chi connectivity index (χ3v) is 3.39. The van der Waals surface area contributed by atoms with Crippen molar-refractivity contribution in [1.82, 2.24) is 4.98 Å². The SMILES string of the molecule is Nc1ccc(C2CCc3cccnc32)cc1F. The molecule has 0 saturated heterocycles. The fourth-order valence-electron chi connectivity index (χ4n) is 2.50. The largest absolute Gasteiger partial charge is 0.396 e. The Morgan fingerprint density at radius 3 is 3.00 bits per heavy atom. The van der Waals surface area contributed by atoms with E-state index < -0.39 is 0 Å². The highest BCUT2D eigenvalue weighted by Crippen LogP contribution is 2.36. The number of nitrogens with two attached hydrogens (primary N) is 1. The molecule has 1 atom stereocenters. The Labute approximate surface area is 99.3 Å². The molecule has 0 bridgehead atoms. The molecule has 86 valence electrons. The molecule has 0 amide bonds. The number of fused-ring (bicyclic) bond motifs is 1. The molecule has 1 unspecified atom stereocenters. The molecule has 1 aliphatic carbocycles. The molecular formula is C14H13FN2. The van der Waals surface area contributed by atoms with Gasteiger partial charge in [0.2, 0.25) is 0 Å². The summed E-state index contributed by atoms with van der Waals surface area (Å²) in [6, 6.07) is 9.10. The van der Waals surface area contributed by atoms with Crippen molar-refractivity contribution < 1.29 is 4.39 Å². The van der Waals surface area contributed by atoms with Gasteiger partial charge in [-0.05, 0) is 42.2 Å². The van der Waals surface area contributed by atoms with E-state index in [4.69, 9.17) is 5.73 Å². The molecule has 1 aromatic carbocycles. The average Bonchev–Trinajstić information content (AvgIpc) is 2.76. The van der Waals surface area contributed by atoms with Gasteiger partial charge in [0.1, 0.15) is 5.82 Å². The fourth-order valence-corrected chi connectivity index (χ4v) is 2.50. The molecule has 1 aromatic heterocycles. The number of aromatic nitrogens is 1. The third kappa shape index (κ3) is 1.68. The van der Waals surface area contributed by atoms with Crippen molar-refractivity contribution in [3.05, 3.63) is 59.2 Å². The van der Waals surface area contributed by atoms with Gasteiger partial charge in [-0.2, -0.15) is 0 Å². The summed E-state index contributed by atoms with van der Waals surface area (Å²) in [6.07, 6.45) is 3.81. The standard InChI is InChI=1S/C14H13FN2/c15-12-8-10(4-6-13(12)16)11-5-3-9-2-1-7-17-14(9)11/h1-2,4,6-8,11H,3,5,16H2. The Balaban J connectivity index is 2.04. The molecule has 2 N–H and O–H groups in total. The van der Waals surface area contributed by atoms with Crippen LogP contribution in [0.5, 0.6) is 0 Å². The van der Waals surface area contributed by atoms with Gasteiger partial charge >= 0.3 is 0 Å². The lowest BCUT2D eigenvalue weighted by atomic mass is 9.96. The van der Waals surface area contributed by atoms with E-state index in [0.717, 1.165) is 24.1 Å². The Morgan fingerprint density at radius 1 is 1.29 bits per heavy atom. The number of rotatable bonds is 1. The van der Waals surface area contributed by atoms with Gasteiger partial charge in [0.25, 0.3) is 0 Å². The van der Waals surface area contributed by atoms with Crippen LogP contribution < -0.4 is 5.73 Å². The van der Waals surface area contributed by atoms with Gasteiger partial charge in [0.15, 0.2) is 0 Å². The van der Waals surface area contributed by atoms with Crippen LogP contribution in [-0.4, -0.2) is 4.98 Å². The summed E-state index contributed by atoms with van der Waals surface area (Å²) in [4.78, 5) is 4.42. The zero-order valence-corrected chi connectivity index (χ0v) is 9.36. The fraction of sp³-hybridized carbons (Fsp3) is 0.214. The van der Waals surface area contributed by atoms with Gasteiger partial charge in [0.05, 0.1) is 11.4 Å². The van der Waals surface area contributed by atoms with Crippen LogP contribution in [0.1, 0.15) is 29.2 Å². The number of aryl methyl sites for hydroxylation is 1. The van der Waals surface area contributed by atoms with Gasteiger partial charge in [-0.15, -0.1) is 0 Å². The second kappa shape index (κ2) is 3.84. The second-order valence-corrected chi connectivity index (χ2v) is 4.42. The molecule has 0 saturated carbocycles. The first kappa shape index (κ1) is 10.3. The molecule has 1 heterocycles. The van der Waals surface area contributed by atoms with Crippen molar-refractivity contribution in [3.63, 3.8) is 0 Å². The van der Waals surface area contributed by atoms with Crippen LogP contribution in [0.3, 0.4) is 0 Å². The Kier molecular flexibility index (Phi) is 2.32. The predicted molar refractivity (Wildman–Crippen MR) is 65.2 cm³/mol. The highest BCUT2D eigenvalue weighted by molar-refractivity contribution is 5.45. The van der Waals surface area contributed by atoms with Crippen molar-refractivity contribution in [2.75, 3.05) is 5.73 Å². The predicted octanol–water partition coefficient (Wildman–Crippen LogP) is 2.88. The summed E-state index contributed by atoms with van der Waals surface area (Å²) in [7, 11) is 0. The van der Waals surface area contributed by atoms with Gasteiger partial charge < -0.3 is 5.73 Å². The molecule has 17 heavy (non-hydrogen) atoms. The van der Waals surface area contributed by atoms with Crippen LogP contribution in [0, 0.1) is 5.82 Å². The van der Waals surface area contributed by atoms with Crippen molar-refractivity contribution in [3.8, 4) is 0 Å². The topological polar surface area (TPSA) is 38.9 Å². The zero-order chi connectivity index (χ0) is 11.8. The minimum Gasteiger partial charge on any atom is -0.396 e. The summed E-state index contributed by atoms with van der Waals surface area (Å²) in [6.45, 7) is 0. The number of benzene rings is 1. The first-order chi connectivity index (χ1) is 8.25. The van der Waals surface area contributed by atoms with E-state index in [2.05, 4.69) is 11.1 Å². The lowest BCUT2D eigenvalue weighted by Crippen LogP contribution is -2.00. The number of pyridine rings is 1. The normalized spacial score (nSPS) is 18.1. The van der Waals surface area contributed by atoms with Gasteiger partial charge in [-0.25, -0.2) is 4.39 Å². The van der Waals surface area contributed by atoms with Crippen LogP contribution in [0.25, 0.3) is 0 Å². The minimum absolute atomic E-state index is 0.202. The molecule has 3 heteroatoms. The highest BCUT2D eigenvalue weighted by Gasteiger charge is 2.25. The van der Waals surface area contributed by atoms with E-state index >= 15 is 0 Å². The van der Waals surface area contributed by atoms with E-state index in [-0.39, 0.29) is 17.4 Å². The summed E-state index contributed by atoms with van der Waals surface area (Å²) in [5.41, 5.74) is 9.01.